The summed E-state index contributed by atoms with van der Waals surface area (Å²) in [6.07, 6.45) is 4.92. The van der Waals surface area contributed by atoms with Gasteiger partial charge in [0.25, 0.3) is 0 Å². The van der Waals surface area contributed by atoms with Crippen LogP contribution in [0.5, 0.6) is 0 Å². The Morgan fingerprint density at radius 3 is 1.32 bits per heavy atom. The molecule has 0 rings (SSSR count). The fraction of sp³-hybridized carbons (Fsp3) is 0.846. The number of carboxylic acid groups (broad SMARTS) is 2. The molecule has 0 atom stereocenters. The van der Waals surface area contributed by atoms with Crippen LogP contribution < -0.4 is 113 Å². The maximum absolute atomic E-state index is 11.1. The molecule has 19 heavy (non-hydrogen) atoms. The fourth-order valence-corrected chi connectivity index (χ4v) is 1.97. The van der Waals surface area contributed by atoms with E-state index >= 15 is 0 Å². The zero-order valence-corrected chi connectivity index (χ0v) is 19.0. The molecule has 0 saturated carbocycles. The fourth-order valence-electron chi connectivity index (χ4n) is 1.97. The first-order chi connectivity index (χ1) is 8.01. The predicted molar refractivity (Wildman–Crippen MR) is 60.7 cm³/mol. The summed E-state index contributed by atoms with van der Waals surface area (Å²) >= 11 is 0. The van der Waals surface area contributed by atoms with Crippen LogP contribution in [0.15, 0.2) is 0 Å². The molecule has 0 aliphatic rings. The molecular formula is C13H22K2O4. The van der Waals surface area contributed by atoms with Crippen molar-refractivity contribution in [1.82, 2.24) is 0 Å². The molecule has 0 N–H and O–H groups in total. The summed E-state index contributed by atoms with van der Waals surface area (Å²) in [6, 6.07) is 0. The molecule has 0 saturated heterocycles. The Hall–Kier alpha value is 2.21. The zero-order chi connectivity index (χ0) is 13.3. The monoisotopic (exact) mass is 320 g/mol. The smallest absolute Gasteiger partial charge is 0.549 e. The quantitative estimate of drug-likeness (QED) is 0.229. The second kappa shape index (κ2) is 15.1. The molecule has 0 aliphatic heterocycles. The van der Waals surface area contributed by atoms with Crippen molar-refractivity contribution in [3.05, 3.63) is 0 Å². The minimum atomic E-state index is -1.79. The van der Waals surface area contributed by atoms with E-state index in [-0.39, 0.29) is 116 Å². The maximum Gasteiger partial charge on any atom is 1.00 e. The van der Waals surface area contributed by atoms with Gasteiger partial charge in [-0.25, -0.2) is 0 Å². The molecule has 0 spiro atoms. The molecule has 0 bridgehead atoms. The van der Waals surface area contributed by atoms with Crippen molar-refractivity contribution in [2.45, 2.75) is 65.2 Å². The number of rotatable bonds is 10. The summed E-state index contributed by atoms with van der Waals surface area (Å²) in [4.78, 5) is 22.2. The van der Waals surface area contributed by atoms with E-state index in [0.717, 1.165) is 25.7 Å². The van der Waals surface area contributed by atoms with Crippen molar-refractivity contribution in [3.63, 3.8) is 0 Å². The average molecular weight is 321 g/mol. The van der Waals surface area contributed by atoms with E-state index in [0.29, 0.717) is 12.8 Å². The molecular weight excluding hydrogens is 298 g/mol. The van der Waals surface area contributed by atoms with Crippen molar-refractivity contribution in [3.8, 4) is 0 Å². The minimum Gasteiger partial charge on any atom is -0.549 e. The van der Waals surface area contributed by atoms with Gasteiger partial charge in [-0.15, -0.1) is 0 Å². The van der Waals surface area contributed by atoms with E-state index in [1.807, 2.05) is 13.8 Å². The predicted octanol–water partition coefficient (Wildman–Crippen LogP) is -5.36. The van der Waals surface area contributed by atoms with E-state index < -0.39 is 17.4 Å². The summed E-state index contributed by atoms with van der Waals surface area (Å²) in [7, 11) is 0. The topological polar surface area (TPSA) is 80.3 Å². The summed E-state index contributed by atoms with van der Waals surface area (Å²) in [5, 5.41) is 22.2. The summed E-state index contributed by atoms with van der Waals surface area (Å²) in [5.41, 5.74) is -1.79. The number of carbonyl (C=O) groups excluding carboxylic acids is 2. The normalized spacial score (nSPS) is 10.2. The van der Waals surface area contributed by atoms with Crippen LogP contribution in [-0.4, -0.2) is 11.9 Å². The third kappa shape index (κ3) is 9.76. The Labute approximate surface area is 201 Å². The number of carbonyl (C=O) groups is 2. The van der Waals surface area contributed by atoms with Gasteiger partial charge in [0.2, 0.25) is 0 Å². The second-order valence-corrected chi connectivity index (χ2v) is 4.57. The molecule has 0 aliphatic carbocycles. The van der Waals surface area contributed by atoms with Gasteiger partial charge in [0.1, 0.15) is 0 Å². The van der Waals surface area contributed by atoms with Gasteiger partial charge in [0.15, 0.2) is 0 Å². The SMILES string of the molecule is CCCCCC(CCCCC)(C(=O)[O-])C(=O)[O-].[K+].[K+]. The van der Waals surface area contributed by atoms with Crippen LogP contribution in [0.3, 0.4) is 0 Å². The molecule has 0 radical (unpaired) electrons. The zero-order valence-electron chi connectivity index (χ0n) is 12.8. The molecule has 6 heteroatoms. The standard InChI is InChI=1S/C13H24O4.2K/c1-3-5-7-9-13(11(14)15,12(16)17)10-8-6-4-2;;/h3-10H2,1-2H3,(H,14,15)(H,16,17);;/q;2*+1/p-2. The van der Waals surface area contributed by atoms with Gasteiger partial charge in [0, 0.05) is 5.41 Å². The largest absolute Gasteiger partial charge is 1.00 e. The Kier molecular flexibility index (Phi) is 20.8. The molecule has 0 aromatic heterocycles. The number of unbranched alkanes of at least 4 members (excludes halogenated alkanes) is 4. The van der Waals surface area contributed by atoms with Gasteiger partial charge in [-0.1, -0.05) is 52.4 Å². The van der Waals surface area contributed by atoms with Crippen LogP contribution in [0.4, 0.5) is 0 Å². The van der Waals surface area contributed by atoms with Crippen LogP contribution in [0.2, 0.25) is 0 Å². The minimum absolute atomic E-state index is 0. The molecule has 0 aromatic carbocycles. The van der Waals surface area contributed by atoms with E-state index in [1.54, 1.807) is 0 Å². The second-order valence-electron chi connectivity index (χ2n) is 4.57. The van der Waals surface area contributed by atoms with Crippen molar-refractivity contribution in [1.29, 1.82) is 0 Å². The molecule has 4 nitrogen and oxygen atoms in total. The Bertz CT molecular complexity index is 231. The maximum atomic E-state index is 11.1. The van der Waals surface area contributed by atoms with Gasteiger partial charge >= 0.3 is 103 Å². The van der Waals surface area contributed by atoms with Crippen LogP contribution in [0, 0.1) is 5.41 Å². The first-order valence-electron chi connectivity index (χ1n) is 6.44. The molecule has 100 valence electrons. The average Bonchev–Trinajstić information content (AvgIpc) is 2.26. The van der Waals surface area contributed by atoms with Crippen molar-refractivity contribution in [2.24, 2.45) is 5.41 Å². The summed E-state index contributed by atoms with van der Waals surface area (Å²) in [5.74, 6) is -2.99. The first-order valence-corrected chi connectivity index (χ1v) is 6.44. The van der Waals surface area contributed by atoms with Crippen LogP contribution >= 0.6 is 0 Å². The molecule has 0 aromatic rings. The molecule has 0 unspecified atom stereocenters. The summed E-state index contributed by atoms with van der Waals surface area (Å²) in [6.45, 7) is 3.97. The Morgan fingerprint density at radius 1 is 0.789 bits per heavy atom. The Morgan fingerprint density at radius 2 is 1.11 bits per heavy atom. The van der Waals surface area contributed by atoms with E-state index in [1.165, 1.54) is 0 Å². The molecule has 0 fully saturated rings. The van der Waals surface area contributed by atoms with Crippen molar-refractivity contribution < 1.29 is 123 Å². The van der Waals surface area contributed by atoms with Crippen LogP contribution in [0.25, 0.3) is 0 Å². The third-order valence-corrected chi connectivity index (χ3v) is 3.20. The van der Waals surface area contributed by atoms with Crippen LogP contribution in [-0.2, 0) is 9.59 Å². The van der Waals surface area contributed by atoms with E-state index in [9.17, 15) is 19.8 Å². The number of carboxylic acids is 2. The van der Waals surface area contributed by atoms with Gasteiger partial charge in [-0.2, -0.15) is 0 Å². The van der Waals surface area contributed by atoms with E-state index in [2.05, 4.69) is 0 Å². The summed E-state index contributed by atoms with van der Waals surface area (Å²) < 4.78 is 0. The Balaban J connectivity index is -0.00000128. The molecule has 0 amide bonds. The third-order valence-electron chi connectivity index (χ3n) is 3.20. The number of hydrogen-bond donors (Lipinski definition) is 0. The van der Waals surface area contributed by atoms with Gasteiger partial charge in [-0.3, -0.25) is 0 Å². The van der Waals surface area contributed by atoms with Gasteiger partial charge in [-0.05, 0) is 12.8 Å². The first kappa shape index (κ1) is 26.1. The van der Waals surface area contributed by atoms with Gasteiger partial charge < -0.3 is 19.8 Å². The van der Waals surface area contributed by atoms with Gasteiger partial charge in [0.05, 0.1) is 11.9 Å². The van der Waals surface area contributed by atoms with E-state index in [4.69, 9.17) is 0 Å². The molecule has 0 heterocycles. The number of hydrogen-bond acceptors (Lipinski definition) is 4. The number of aliphatic carboxylic acids is 2. The van der Waals surface area contributed by atoms with Crippen molar-refractivity contribution >= 4 is 11.9 Å². The van der Waals surface area contributed by atoms with Crippen LogP contribution in [0.1, 0.15) is 65.2 Å². The van der Waals surface area contributed by atoms with Crippen molar-refractivity contribution in [2.75, 3.05) is 0 Å².